The molecule has 0 spiro atoms. The van der Waals surface area contributed by atoms with Crippen molar-refractivity contribution in [1.82, 2.24) is 10.2 Å². The standard InChI is InChI=1S/C16H23BrN2O2/c1-11(2)21-15-7-13(6-14(17)8-15)16(20)19-5-4-12(10-19)9-18-3/h6-8,11-12,18H,4-5,9-10H2,1-3H3. The highest BCUT2D eigenvalue weighted by Gasteiger charge is 2.26. The normalized spacial score (nSPS) is 18.3. The minimum absolute atomic E-state index is 0.0866. The number of nitrogens with one attached hydrogen (secondary N) is 1. The van der Waals surface area contributed by atoms with Gasteiger partial charge in [-0.15, -0.1) is 0 Å². The summed E-state index contributed by atoms with van der Waals surface area (Å²) >= 11 is 3.46. The lowest BCUT2D eigenvalue weighted by molar-refractivity contribution is 0.0786. The molecule has 5 heteroatoms. The topological polar surface area (TPSA) is 41.6 Å². The second-order valence-electron chi connectivity index (χ2n) is 5.81. The van der Waals surface area contributed by atoms with Crippen molar-refractivity contribution in [3.05, 3.63) is 28.2 Å². The van der Waals surface area contributed by atoms with Crippen LogP contribution in [-0.4, -0.2) is 43.6 Å². The van der Waals surface area contributed by atoms with E-state index >= 15 is 0 Å². The molecule has 0 aromatic heterocycles. The van der Waals surface area contributed by atoms with Gasteiger partial charge in [-0.25, -0.2) is 0 Å². The Balaban J connectivity index is 2.10. The molecule has 116 valence electrons. The van der Waals surface area contributed by atoms with Crippen molar-refractivity contribution in [2.45, 2.75) is 26.4 Å². The van der Waals surface area contributed by atoms with E-state index in [4.69, 9.17) is 4.74 Å². The van der Waals surface area contributed by atoms with Gasteiger partial charge in [0, 0.05) is 23.1 Å². The van der Waals surface area contributed by atoms with Crippen molar-refractivity contribution in [3.63, 3.8) is 0 Å². The molecule has 1 N–H and O–H groups in total. The van der Waals surface area contributed by atoms with Gasteiger partial charge in [0.05, 0.1) is 6.10 Å². The number of likely N-dealkylation sites (tertiary alicyclic amines) is 1. The van der Waals surface area contributed by atoms with E-state index in [0.29, 0.717) is 11.5 Å². The zero-order chi connectivity index (χ0) is 15.4. The Morgan fingerprint density at radius 3 is 2.90 bits per heavy atom. The molecule has 4 nitrogen and oxygen atoms in total. The van der Waals surface area contributed by atoms with E-state index in [-0.39, 0.29) is 12.0 Å². The highest BCUT2D eigenvalue weighted by Crippen LogP contribution is 2.25. The first kappa shape index (κ1) is 16.3. The molecule has 0 saturated carbocycles. The number of amides is 1. The Bertz CT molecular complexity index is 505. The third-order valence-corrected chi connectivity index (χ3v) is 4.01. The van der Waals surface area contributed by atoms with Gasteiger partial charge in [-0.3, -0.25) is 4.79 Å². The smallest absolute Gasteiger partial charge is 0.254 e. The van der Waals surface area contributed by atoms with Crippen LogP contribution in [-0.2, 0) is 0 Å². The Hall–Kier alpha value is -1.07. The molecule has 1 amide bonds. The van der Waals surface area contributed by atoms with Gasteiger partial charge in [0.25, 0.3) is 5.91 Å². The number of hydrogen-bond acceptors (Lipinski definition) is 3. The highest BCUT2D eigenvalue weighted by molar-refractivity contribution is 9.10. The van der Waals surface area contributed by atoms with E-state index in [1.807, 2.05) is 44.0 Å². The average Bonchev–Trinajstić information content (AvgIpc) is 2.85. The van der Waals surface area contributed by atoms with Crippen LogP contribution in [0.2, 0.25) is 0 Å². The van der Waals surface area contributed by atoms with Crippen LogP contribution in [0.5, 0.6) is 5.75 Å². The Morgan fingerprint density at radius 1 is 1.48 bits per heavy atom. The van der Waals surface area contributed by atoms with Gasteiger partial charge in [0.15, 0.2) is 0 Å². The summed E-state index contributed by atoms with van der Waals surface area (Å²) in [6.45, 7) is 6.57. The number of ether oxygens (including phenoxy) is 1. The SMILES string of the molecule is CNCC1CCN(C(=O)c2cc(Br)cc(OC(C)C)c2)C1. The molecule has 1 fully saturated rings. The molecule has 0 radical (unpaired) electrons. The summed E-state index contributed by atoms with van der Waals surface area (Å²) in [5.41, 5.74) is 0.685. The lowest BCUT2D eigenvalue weighted by Gasteiger charge is -2.18. The van der Waals surface area contributed by atoms with Crippen molar-refractivity contribution in [2.24, 2.45) is 5.92 Å². The zero-order valence-electron chi connectivity index (χ0n) is 12.9. The lowest BCUT2D eigenvalue weighted by Crippen LogP contribution is -2.30. The molecule has 21 heavy (non-hydrogen) atoms. The quantitative estimate of drug-likeness (QED) is 0.883. The number of carbonyl (C=O) groups excluding carboxylic acids is 1. The van der Waals surface area contributed by atoms with Crippen molar-refractivity contribution in [3.8, 4) is 5.75 Å². The maximum atomic E-state index is 12.6. The van der Waals surface area contributed by atoms with Gasteiger partial charge in [-0.1, -0.05) is 15.9 Å². The number of nitrogens with zero attached hydrogens (tertiary/aromatic N) is 1. The van der Waals surface area contributed by atoms with Gasteiger partial charge in [-0.2, -0.15) is 0 Å². The van der Waals surface area contributed by atoms with E-state index < -0.39 is 0 Å². The molecule has 1 aliphatic rings. The van der Waals surface area contributed by atoms with E-state index in [0.717, 1.165) is 36.3 Å². The van der Waals surface area contributed by atoms with E-state index in [2.05, 4.69) is 21.2 Å². The Labute approximate surface area is 135 Å². The van der Waals surface area contributed by atoms with Gasteiger partial charge in [0.1, 0.15) is 5.75 Å². The largest absolute Gasteiger partial charge is 0.491 e. The third kappa shape index (κ3) is 4.45. The molecular weight excluding hydrogens is 332 g/mol. The number of rotatable bonds is 5. The summed E-state index contributed by atoms with van der Waals surface area (Å²) in [5, 5.41) is 3.18. The maximum absolute atomic E-state index is 12.6. The number of benzene rings is 1. The van der Waals surface area contributed by atoms with Crippen LogP contribution in [0.15, 0.2) is 22.7 Å². The predicted octanol–water partition coefficient (Wildman–Crippen LogP) is 2.92. The fraction of sp³-hybridized carbons (Fsp3) is 0.562. The van der Waals surface area contributed by atoms with Gasteiger partial charge >= 0.3 is 0 Å². The van der Waals surface area contributed by atoms with E-state index in [1.54, 1.807) is 0 Å². The van der Waals surface area contributed by atoms with Crippen LogP contribution < -0.4 is 10.1 Å². The fourth-order valence-corrected chi connectivity index (χ4v) is 3.15. The molecule has 1 atom stereocenters. The van der Waals surface area contributed by atoms with Crippen molar-refractivity contribution >= 4 is 21.8 Å². The van der Waals surface area contributed by atoms with Crippen molar-refractivity contribution in [2.75, 3.05) is 26.7 Å². The number of hydrogen-bond donors (Lipinski definition) is 1. The summed E-state index contributed by atoms with van der Waals surface area (Å²) in [5.74, 6) is 1.37. The fourth-order valence-electron chi connectivity index (χ4n) is 2.68. The summed E-state index contributed by atoms with van der Waals surface area (Å²) in [4.78, 5) is 14.5. The van der Waals surface area contributed by atoms with Crippen molar-refractivity contribution in [1.29, 1.82) is 0 Å². The van der Waals surface area contributed by atoms with Crippen LogP contribution in [0.25, 0.3) is 0 Å². The molecule has 0 bridgehead atoms. The highest BCUT2D eigenvalue weighted by atomic mass is 79.9. The van der Waals surface area contributed by atoms with Crippen LogP contribution in [0, 0.1) is 5.92 Å². The van der Waals surface area contributed by atoms with Crippen LogP contribution >= 0.6 is 15.9 Å². The minimum atomic E-state index is 0.0866. The van der Waals surface area contributed by atoms with Gasteiger partial charge in [0.2, 0.25) is 0 Å². The predicted molar refractivity (Wildman–Crippen MR) is 87.8 cm³/mol. The monoisotopic (exact) mass is 354 g/mol. The van der Waals surface area contributed by atoms with Gasteiger partial charge in [-0.05, 0) is 58.0 Å². The second kappa shape index (κ2) is 7.27. The maximum Gasteiger partial charge on any atom is 0.254 e. The Morgan fingerprint density at radius 2 is 2.24 bits per heavy atom. The molecule has 1 aliphatic heterocycles. The van der Waals surface area contributed by atoms with Crippen LogP contribution in [0.1, 0.15) is 30.6 Å². The van der Waals surface area contributed by atoms with Crippen LogP contribution in [0.3, 0.4) is 0 Å². The molecule has 1 aromatic carbocycles. The lowest BCUT2D eigenvalue weighted by atomic mass is 10.1. The third-order valence-electron chi connectivity index (χ3n) is 3.56. The first-order valence-corrected chi connectivity index (χ1v) is 8.20. The van der Waals surface area contributed by atoms with Gasteiger partial charge < -0.3 is 15.0 Å². The first-order valence-electron chi connectivity index (χ1n) is 7.40. The minimum Gasteiger partial charge on any atom is -0.491 e. The molecule has 0 aliphatic carbocycles. The number of carbonyl (C=O) groups is 1. The summed E-state index contributed by atoms with van der Waals surface area (Å²) in [7, 11) is 1.95. The summed E-state index contributed by atoms with van der Waals surface area (Å²) in [6.07, 6.45) is 1.16. The molecule has 1 heterocycles. The molecular formula is C16H23BrN2O2. The number of halogens is 1. The Kier molecular flexibility index (Phi) is 5.65. The zero-order valence-corrected chi connectivity index (χ0v) is 14.4. The average molecular weight is 355 g/mol. The van der Waals surface area contributed by atoms with Crippen LogP contribution in [0.4, 0.5) is 0 Å². The van der Waals surface area contributed by atoms with E-state index in [1.165, 1.54) is 0 Å². The molecule has 1 saturated heterocycles. The molecule has 1 unspecified atom stereocenters. The molecule has 1 aromatic rings. The summed E-state index contributed by atoms with van der Waals surface area (Å²) < 4.78 is 6.57. The molecule has 2 rings (SSSR count). The second-order valence-corrected chi connectivity index (χ2v) is 6.72. The first-order chi connectivity index (χ1) is 9.99. The van der Waals surface area contributed by atoms with Crippen molar-refractivity contribution < 1.29 is 9.53 Å². The van der Waals surface area contributed by atoms with E-state index in [9.17, 15) is 4.79 Å². The summed E-state index contributed by atoms with van der Waals surface area (Å²) in [6, 6.07) is 5.59.